The van der Waals surface area contributed by atoms with Gasteiger partial charge in [0.2, 0.25) is 14.1 Å². The third-order valence-electron chi connectivity index (χ3n) is 6.15. The van der Waals surface area contributed by atoms with Gasteiger partial charge in [0.1, 0.15) is 6.61 Å². The Labute approximate surface area is 206 Å². The molecule has 0 aliphatic carbocycles. The number of aliphatic hydroxyl groups is 1. The molecule has 190 valence electrons. The number of hydrogen-bond donors (Lipinski definition) is 1. The number of aliphatic hydroxyl groups excluding tert-OH is 1. The molecule has 0 saturated carbocycles. The number of hydrogen-bond acceptors (Lipinski definition) is 6. The van der Waals surface area contributed by atoms with Gasteiger partial charge in [-0.2, -0.15) is 0 Å². The summed E-state index contributed by atoms with van der Waals surface area (Å²) in [6, 6.07) is 9.23. The molecule has 0 aromatic heterocycles. The van der Waals surface area contributed by atoms with Crippen molar-refractivity contribution in [1.82, 2.24) is 0 Å². The van der Waals surface area contributed by atoms with E-state index in [1.165, 1.54) is 6.08 Å². The molecule has 0 saturated heterocycles. The summed E-state index contributed by atoms with van der Waals surface area (Å²) in [6.45, 7) is 17.2. The van der Waals surface area contributed by atoms with Crippen LogP contribution in [0.15, 0.2) is 47.5 Å². The lowest BCUT2D eigenvalue weighted by molar-refractivity contribution is -0.137. The van der Waals surface area contributed by atoms with Crippen molar-refractivity contribution in [3.63, 3.8) is 0 Å². The Morgan fingerprint density at radius 3 is 2.00 bits per heavy atom. The second-order valence-electron chi connectivity index (χ2n) is 9.88. The maximum Gasteiger partial charge on any atom is 0.360 e. The highest BCUT2D eigenvalue weighted by Gasteiger charge is 2.46. The number of aliphatic imine (C=N–C) groups is 1. The van der Waals surface area contributed by atoms with Gasteiger partial charge in [0.05, 0.1) is 19.3 Å². The van der Waals surface area contributed by atoms with Crippen molar-refractivity contribution >= 4 is 25.8 Å². The molecule has 0 bridgehead atoms. The van der Waals surface area contributed by atoms with Crippen LogP contribution in [0.5, 0.6) is 0 Å². The van der Waals surface area contributed by atoms with Gasteiger partial charge in [0, 0.05) is 0 Å². The van der Waals surface area contributed by atoms with Gasteiger partial charge in [-0.05, 0) is 34.2 Å². The topological polar surface area (TPSA) is 85.2 Å². The van der Waals surface area contributed by atoms with Crippen molar-refractivity contribution in [3.05, 3.63) is 48.0 Å². The first-order chi connectivity index (χ1) is 16.0. The van der Waals surface area contributed by atoms with Gasteiger partial charge in [0.15, 0.2) is 5.71 Å². The molecule has 0 fully saturated rings. The SMILES string of the molecule is CC(C)[C@H](/C=C/C(=O)C(=NCCO)C(=O)OCc1ccccc1)O[Si](C(C)C)(C(C)C)C(C)C. The second kappa shape index (κ2) is 14.3. The van der Waals surface area contributed by atoms with E-state index >= 15 is 0 Å². The minimum Gasteiger partial charge on any atom is -0.456 e. The monoisotopic (exact) mass is 489 g/mol. The van der Waals surface area contributed by atoms with Crippen molar-refractivity contribution in [2.75, 3.05) is 13.2 Å². The molecular weight excluding hydrogens is 446 g/mol. The maximum absolute atomic E-state index is 13.0. The first-order valence-electron chi connectivity index (χ1n) is 12.2. The molecule has 7 heteroatoms. The number of benzene rings is 1. The Hall–Kier alpha value is -2.09. The van der Waals surface area contributed by atoms with E-state index < -0.39 is 20.1 Å². The van der Waals surface area contributed by atoms with Gasteiger partial charge in [-0.15, -0.1) is 0 Å². The molecule has 0 spiro atoms. The fourth-order valence-corrected chi connectivity index (χ4v) is 10.1. The maximum atomic E-state index is 13.0. The average molecular weight is 490 g/mol. The summed E-state index contributed by atoms with van der Waals surface area (Å²) in [5.74, 6) is -1.20. The van der Waals surface area contributed by atoms with Gasteiger partial charge < -0.3 is 14.3 Å². The predicted molar refractivity (Wildman–Crippen MR) is 141 cm³/mol. The number of ketones is 1. The zero-order valence-electron chi connectivity index (χ0n) is 22.1. The number of carbonyl (C=O) groups excluding carboxylic acids is 2. The van der Waals surface area contributed by atoms with Crippen molar-refractivity contribution in [2.24, 2.45) is 10.9 Å². The molecule has 6 nitrogen and oxygen atoms in total. The van der Waals surface area contributed by atoms with Crippen LogP contribution in [0.2, 0.25) is 16.6 Å². The highest BCUT2D eigenvalue weighted by molar-refractivity contribution is 6.77. The fraction of sp³-hybridized carbons (Fsp3) is 0.593. The fourth-order valence-electron chi connectivity index (χ4n) is 4.50. The lowest BCUT2D eigenvalue weighted by Crippen LogP contribution is -2.50. The van der Waals surface area contributed by atoms with Crippen molar-refractivity contribution < 1.29 is 23.9 Å². The smallest absolute Gasteiger partial charge is 0.360 e. The van der Waals surface area contributed by atoms with E-state index in [0.29, 0.717) is 16.6 Å². The van der Waals surface area contributed by atoms with Crippen molar-refractivity contribution in [2.45, 2.75) is 84.7 Å². The van der Waals surface area contributed by atoms with Crippen LogP contribution in [0, 0.1) is 5.92 Å². The molecule has 0 unspecified atom stereocenters. The summed E-state index contributed by atoms with van der Waals surface area (Å²) in [6.07, 6.45) is 2.85. The first-order valence-corrected chi connectivity index (χ1v) is 14.4. The van der Waals surface area contributed by atoms with E-state index in [1.54, 1.807) is 6.08 Å². The van der Waals surface area contributed by atoms with Gasteiger partial charge in [0.25, 0.3) is 0 Å². The van der Waals surface area contributed by atoms with E-state index in [0.717, 1.165) is 5.56 Å². The quantitative estimate of drug-likeness (QED) is 0.123. The highest BCUT2D eigenvalue weighted by atomic mass is 28.4. The normalized spacial score (nSPS) is 14.0. The third kappa shape index (κ3) is 8.29. The summed E-state index contributed by atoms with van der Waals surface area (Å²) >= 11 is 0. The lowest BCUT2D eigenvalue weighted by Gasteiger charge is -2.45. The highest BCUT2D eigenvalue weighted by Crippen LogP contribution is 2.43. The van der Waals surface area contributed by atoms with Crippen molar-refractivity contribution in [1.29, 1.82) is 0 Å². The predicted octanol–water partition coefficient (Wildman–Crippen LogP) is 5.51. The molecule has 1 N–H and O–H groups in total. The number of nitrogens with zero attached hydrogens (tertiary/aromatic N) is 1. The standard InChI is InChI=1S/C27H43NO5Si/c1-19(2)25(33-34(20(3)4,21(5)6)22(7)8)15-14-24(30)26(28-16-17-29)27(31)32-18-23-12-10-9-11-13-23/h9-15,19-22,25,29H,16-18H2,1-8H3/b15-14+,28-26?/t25-/m0/s1. The number of esters is 1. The van der Waals surface area contributed by atoms with E-state index in [-0.39, 0.29) is 37.5 Å². The third-order valence-corrected chi connectivity index (χ3v) is 12.2. The van der Waals surface area contributed by atoms with Gasteiger partial charge in [-0.3, -0.25) is 9.79 Å². The molecule has 0 aliphatic rings. The Bertz CT molecular complexity index is 809. The van der Waals surface area contributed by atoms with Crippen LogP contribution in [0.3, 0.4) is 0 Å². The summed E-state index contributed by atoms with van der Waals surface area (Å²) in [4.78, 5) is 29.6. The lowest BCUT2D eigenvalue weighted by atomic mass is 10.1. The van der Waals surface area contributed by atoms with E-state index in [9.17, 15) is 9.59 Å². The van der Waals surface area contributed by atoms with Crippen LogP contribution in [0.1, 0.15) is 61.0 Å². The summed E-state index contributed by atoms with van der Waals surface area (Å²) in [5.41, 5.74) is 1.72. The summed E-state index contributed by atoms with van der Waals surface area (Å²) in [5, 5.41) is 9.16. The van der Waals surface area contributed by atoms with E-state index in [4.69, 9.17) is 14.3 Å². The van der Waals surface area contributed by atoms with Gasteiger partial charge in [-0.1, -0.05) is 91.8 Å². The Morgan fingerprint density at radius 2 is 1.53 bits per heavy atom. The minimum absolute atomic E-state index is 0.0395. The van der Waals surface area contributed by atoms with Gasteiger partial charge >= 0.3 is 5.97 Å². The molecule has 34 heavy (non-hydrogen) atoms. The molecule has 1 aromatic rings. The van der Waals surface area contributed by atoms with Crippen LogP contribution < -0.4 is 0 Å². The first kappa shape index (κ1) is 29.9. The van der Waals surface area contributed by atoms with Crippen LogP contribution in [-0.4, -0.2) is 50.1 Å². The molecule has 1 atom stereocenters. The van der Waals surface area contributed by atoms with Crippen molar-refractivity contribution in [3.8, 4) is 0 Å². The summed E-state index contributed by atoms with van der Waals surface area (Å²) < 4.78 is 12.2. The molecule has 0 heterocycles. The number of allylic oxidation sites excluding steroid dienone is 1. The van der Waals surface area contributed by atoms with Gasteiger partial charge in [-0.25, -0.2) is 4.79 Å². The summed E-state index contributed by atoms with van der Waals surface area (Å²) in [7, 11) is -2.16. The van der Waals surface area contributed by atoms with Crippen LogP contribution in [-0.2, 0) is 25.4 Å². The van der Waals surface area contributed by atoms with E-state index in [1.807, 2.05) is 30.3 Å². The van der Waals surface area contributed by atoms with Crippen LogP contribution >= 0.6 is 0 Å². The molecule has 1 aromatic carbocycles. The second-order valence-corrected chi connectivity index (χ2v) is 15.3. The zero-order valence-corrected chi connectivity index (χ0v) is 23.1. The van der Waals surface area contributed by atoms with E-state index in [2.05, 4.69) is 60.4 Å². The largest absolute Gasteiger partial charge is 0.456 e. The van der Waals surface area contributed by atoms with Crippen LogP contribution in [0.25, 0.3) is 0 Å². The minimum atomic E-state index is -2.16. The molecule has 0 aliphatic heterocycles. The number of carbonyl (C=O) groups is 2. The Balaban J connectivity index is 3.10. The Morgan fingerprint density at radius 1 is 0.971 bits per heavy atom. The average Bonchev–Trinajstić information content (AvgIpc) is 2.77. The Kier molecular flexibility index (Phi) is 12.6. The number of rotatable bonds is 14. The molecule has 0 radical (unpaired) electrons. The zero-order chi connectivity index (χ0) is 25.9. The van der Waals surface area contributed by atoms with Crippen LogP contribution in [0.4, 0.5) is 0 Å². The molecule has 1 rings (SSSR count). The molecule has 0 amide bonds. The molecular formula is C27H43NO5Si. The number of ether oxygens (including phenoxy) is 1.